The number of carbonyl (C=O) groups is 1. The molecular weight excluding hydrogens is 260 g/mol. The highest BCUT2D eigenvalue weighted by molar-refractivity contribution is 7.80. The van der Waals surface area contributed by atoms with Crippen LogP contribution in [0.3, 0.4) is 0 Å². The zero-order chi connectivity index (χ0) is 13.3. The number of carbonyl (C=O) groups excluding carboxylic acids is 1. The van der Waals surface area contributed by atoms with Gasteiger partial charge in [0.2, 0.25) is 0 Å². The highest BCUT2D eigenvalue weighted by Crippen LogP contribution is 1.97. The Balaban J connectivity index is 0.000000557. The molecule has 0 saturated heterocycles. The van der Waals surface area contributed by atoms with E-state index in [1.807, 2.05) is 6.07 Å². The molecule has 17 heavy (non-hydrogen) atoms. The second kappa shape index (κ2) is 8.43. The molecule has 0 aliphatic rings. The van der Waals surface area contributed by atoms with E-state index >= 15 is 0 Å². The summed E-state index contributed by atoms with van der Waals surface area (Å²) in [7, 11) is 1.41. The minimum atomic E-state index is -0.500. The molecule has 0 aliphatic heterocycles. The fourth-order valence-corrected chi connectivity index (χ4v) is 0.898. The summed E-state index contributed by atoms with van der Waals surface area (Å²) >= 11 is 8.55. The van der Waals surface area contributed by atoms with Gasteiger partial charge in [0.15, 0.2) is 0 Å². The lowest BCUT2D eigenvalue weighted by Crippen LogP contribution is -2.29. The maximum Gasteiger partial charge on any atom is 0.263 e. The summed E-state index contributed by atoms with van der Waals surface area (Å²) in [5, 5.41) is 9.56. The largest absolute Gasteiger partial charge is 0.487 e. The molecule has 0 atom stereocenters. The number of hydrogen-bond donors (Lipinski definition) is 3. The molecule has 0 fully saturated rings. The van der Waals surface area contributed by atoms with Crippen molar-refractivity contribution < 1.29 is 14.6 Å². The van der Waals surface area contributed by atoms with E-state index in [-0.39, 0.29) is 11.1 Å². The van der Waals surface area contributed by atoms with E-state index in [0.29, 0.717) is 5.56 Å². The highest BCUT2D eigenvalue weighted by atomic mass is 32.1. The summed E-state index contributed by atoms with van der Waals surface area (Å²) in [5.74, 6) is -0.257. The van der Waals surface area contributed by atoms with Gasteiger partial charge in [0, 0.05) is 5.56 Å². The lowest BCUT2D eigenvalue weighted by molar-refractivity contribution is 0.0970. The zero-order valence-electron chi connectivity index (χ0n) is 9.04. The summed E-state index contributed by atoms with van der Waals surface area (Å²) in [6.07, 6.45) is 0. The molecule has 4 N–H and O–H groups in total. The predicted octanol–water partition coefficient (Wildman–Crippen LogP) is 1.14. The fourth-order valence-electron chi connectivity index (χ4n) is 0.805. The Labute approximate surface area is 110 Å². The van der Waals surface area contributed by atoms with Gasteiger partial charge in [-0.05, 0) is 36.6 Å². The van der Waals surface area contributed by atoms with E-state index in [1.165, 1.54) is 7.11 Å². The first kappa shape index (κ1) is 15.3. The monoisotopic (exact) mass is 272 g/mol. The van der Waals surface area contributed by atoms with Gasteiger partial charge in [-0.15, -0.1) is 0 Å². The van der Waals surface area contributed by atoms with E-state index in [0.717, 1.165) is 0 Å². The van der Waals surface area contributed by atoms with Crippen LogP contribution in [0.25, 0.3) is 0 Å². The first-order valence-corrected chi connectivity index (χ1v) is 5.21. The molecule has 0 unspecified atom stereocenters. The van der Waals surface area contributed by atoms with Crippen LogP contribution < -0.4 is 11.1 Å². The van der Waals surface area contributed by atoms with Gasteiger partial charge in [-0.25, -0.2) is 0 Å². The van der Waals surface area contributed by atoms with Crippen LogP contribution >= 0.6 is 24.4 Å². The molecule has 5 nitrogen and oxygen atoms in total. The van der Waals surface area contributed by atoms with E-state index in [9.17, 15) is 4.79 Å². The van der Waals surface area contributed by atoms with Gasteiger partial charge in [0.25, 0.3) is 16.3 Å². The van der Waals surface area contributed by atoms with Crippen molar-refractivity contribution in [1.29, 1.82) is 0 Å². The van der Waals surface area contributed by atoms with Crippen LogP contribution in [0, 0.1) is 0 Å². The highest BCUT2D eigenvalue weighted by Gasteiger charge is 2.05. The lowest BCUT2D eigenvalue weighted by atomic mass is 10.2. The van der Waals surface area contributed by atoms with Crippen molar-refractivity contribution in [3.63, 3.8) is 0 Å². The second-order valence-electron chi connectivity index (χ2n) is 2.65. The molecule has 1 amide bonds. The van der Waals surface area contributed by atoms with Crippen LogP contribution in [-0.2, 0) is 4.74 Å². The van der Waals surface area contributed by atoms with Gasteiger partial charge >= 0.3 is 0 Å². The summed E-state index contributed by atoms with van der Waals surface area (Å²) < 4.78 is 4.64. The van der Waals surface area contributed by atoms with E-state index in [1.54, 1.807) is 24.3 Å². The Morgan fingerprint density at radius 2 is 1.82 bits per heavy atom. The molecule has 0 radical (unpaired) electrons. The van der Waals surface area contributed by atoms with Crippen molar-refractivity contribution in [3.05, 3.63) is 35.9 Å². The lowest BCUT2D eigenvalue weighted by Gasteiger charge is -2.03. The molecule has 1 rings (SSSR count). The van der Waals surface area contributed by atoms with E-state index in [2.05, 4.69) is 40.2 Å². The molecule has 92 valence electrons. The Morgan fingerprint density at radius 1 is 1.35 bits per heavy atom. The SMILES string of the molecule is COC(=S)NC(=O)c1ccccc1.NC(O)=S. The summed E-state index contributed by atoms with van der Waals surface area (Å²) in [6, 6.07) is 8.81. The summed E-state index contributed by atoms with van der Waals surface area (Å²) in [6.45, 7) is 0. The van der Waals surface area contributed by atoms with Crippen LogP contribution in [0.5, 0.6) is 0 Å². The normalized spacial score (nSPS) is 8.29. The maximum absolute atomic E-state index is 11.3. The van der Waals surface area contributed by atoms with E-state index < -0.39 is 5.17 Å². The predicted molar refractivity (Wildman–Crippen MR) is 72.9 cm³/mol. The number of nitrogens with one attached hydrogen (secondary N) is 1. The third-order valence-corrected chi connectivity index (χ3v) is 1.71. The molecule has 0 aromatic heterocycles. The molecular formula is C10H12N2O3S2. The fraction of sp³-hybridized carbons (Fsp3) is 0.100. The zero-order valence-corrected chi connectivity index (χ0v) is 10.7. The quantitative estimate of drug-likeness (QED) is 0.665. The number of nitrogens with two attached hydrogens (primary N) is 1. The number of methoxy groups -OCH3 is 1. The van der Waals surface area contributed by atoms with Crippen molar-refractivity contribution >= 4 is 40.7 Å². The first-order valence-electron chi connectivity index (χ1n) is 4.40. The van der Waals surface area contributed by atoms with Gasteiger partial charge in [0.05, 0.1) is 7.11 Å². The van der Waals surface area contributed by atoms with Crippen LogP contribution in [0.15, 0.2) is 30.3 Å². The van der Waals surface area contributed by atoms with Crippen molar-refractivity contribution in [2.24, 2.45) is 5.73 Å². The molecule has 1 aromatic rings. The van der Waals surface area contributed by atoms with Gasteiger partial charge in [-0.1, -0.05) is 18.2 Å². The van der Waals surface area contributed by atoms with Crippen molar-refractivity contribution in [2.45, 2.75) is 0 Å². The number of ether oxygens (including phenoxy) is 1. The van der Waals surface area contributed by atoms with Gasteiger partial charge in [-0.3, -0.25) is 10.1 Å². The second-order valence-corrected chi connectivity index (χ2v) is 3.44. The molecule has 0 bridgehead atoms. The van der Waals surface area contributed by atoms with Gasteiger partial charge in [-0.2, -0.15) is 0 Å². The number of amides is 1. The maximum atomic E-state index is 11.3. The number of benzene rings is 1. The molecule has 0 heterocycles. The van der Waals surface area contributed by atoms with Crippen LogP contribution in [0.4, 0.5) is 0 Å². The summed E-state index contributed by atoms with van der Waals surface area (Å²) in [4.78, 5) is 11.3. The van der Waals surface area contributed by atoms with Gasteiger partial charge in [0.1, 0.15) is 0 Å². The van der Waals surface area contributed by atoms with Crippen molar-refractivity contribution in [3.8, 4) is 0 Å². The van der Waals surface area contributed by atoms with Crippen molar-refractivity contribution in [1.82, 2.24) is 5.32 Å². The van der Waals surface area contributed by atoms with Crippen molar-refractivity contribution in [2.75, 3.05) is 7.11 Å². The average molecular weight is 272 g/mol. The van der Waals surface area contributed by atoms with Crippen LogP contribution in [0.1, 0.15) is 10.4 Å². The summed E-state index contributed by atoms with van der Waals surface area (Å²) in [5.41, 5.74) is 4.96. The topological polar surface area (TPSA) is 84.6 Å². The third-order valence-electron chi connectivity index (χ3n) is 1.44. The van der Waals surface area contributed by atoms with Crippen LogP contribution in [0.2, 0.25) is 0 Å². The number of thiocarbonyl (C=S) groups is 2. The Morgan fingerprint density at radius 3 is 2.24 bits per heavy atom. The molecule has 0 aliphatic carbocycles. The Bertz CT molecular complexity index is 392. The number of aliphatic hydroxyl groups excluding tert-OH is 1. The number of hydrogen-bond acceptors (Lipinski definition) is 4. The molecule has 0 spiro atoms. The average Bonchev–Trinajstić information content (AvgIpc) is 2.29. The smallest absolute Gasteiger partial charge is 0.263 e. The molecule has 1 aromatic carbocycles. The number of aliphatic hydroxyl groups is 1. The molecule has 7 heteroatoms. The van der Waals surface area contributed by atoms with Gasteiger partial charge < -0.3 is 15.6 Å². The Hall–Kier alpha value is -1.73. The molecule has 0 saturated carbocycles. The van der Waals surface area contributed by atoms with Crippen LogP contribution in [-0.4, -0.2) is 28.5 Å². The van der Waals surface area contributed by atoms with E-state index in [4.69, 9.17) is 5.11 Å². The first-order chi connectivity index (χ1) is 7.97. The minimum Gasteiger partial charge on any atom is -0.487 e. The Kier molecular flexibility index (Phi) is 7.57. The third kappa shape index (κ3) is 8.12. The minimum absolute atomic E-state index is 0.0776. The standard InChI is InChI=1S/C9H9NO2S.CH3NOS/c1-12-9(13)10-8(11)7-5-3-2-4-6-7;2-1(3)4/h2-6H,1H3,(H,10,11,13);(H3,2,3,4). The number of rotatable bonds is 1.